The van der Waals surface area contributed by atoms with Crippen LogP contribution in [-0.4, -0.2) is 5.11 Å². The largest absolute Gasteiger partial charge is 0.465 e. The van der Waals surface area contributed by atoms with Crippen LogP contribution in [0.3, 0.4) is 0 Å². The number of halogens is 1. The Morgan fingerprint density at radius 2 is 1.71 bits per heavy atom. The van der Waals surface area contributed by atoms with Gasteiger partial charge in [-0.1, -0.05) is 0 Å². The first-order chi connectivity index (χ1) is 8.18. The van der Waals surface area contributed by atoms with Crippen LogP contribution in [0.15, 0.2) is 21.2 Å². The van der Waals surface area contributed by atoms with E-state index >= 15 is 0 Å². The molecule has 0 amide bonds. The molecule has 0 aromatic carbocycles. The van der Waals surface area contributed by atoms with Crippen LogP contribution in [0.1, 0.15) is 37.9 Å². The molecule has 1 heterocycles. The average Bonchev–Trinajstić information content (AvgIpc) is 2.71. The van der Waals surface area contributed by atoms with Crippen molar-refractivity contribution < 1.29 is 9.52 Å². The van der Waals surface area contributed by atoms with Gasteiger partial charge in [0, 0.05) is 0 Å². The smallest absolute Gasteiger partial charge is 0.150 e. The topological polar surface area (TPSA) is 33.4 Å². The van der Waals surface area contributed by atoms with Crippen molar-refractivity contribution in [1.29, 1.82) is 0 Å². The number of hydrogen-bond acceptors (Lipinski definition) is 2. The lowest BCUT2D eigenvalue weighted by Crippen LogP contribution is -2.55. The fraction of sp³-hybridized carbons (Fsp3) is 0.714. The van der Waals surface area contributed by atoms with Crippen LogP contribution in [0, 0.1) is 23.7 Å². The van der Waals surface area contributed by atoms with Crippen molar-refractivity contribution in [1.82, 2.24) is 0 Å². The second-order valence-corrected chi connectivity index (χ2v) is 7.08. The summed E-state index contributed by atoms with van der Waals surface area (Å²) in [4.78, 5) is 0. The molecule has 3 heteroatoms. The maximum absolute atomic E-state index is 11.2. The van der Waals surface area contributed by atoms with E-state index in [1.807, 2.05) is 6.07 Å². The highest BCUT2D eigenvalue weighted by Crippen LogP contribution is 2.62. The van der Waals surface area contributed by atoms with Crippen LogP contribution >= 0.6 is 15.9 Å². The molecule has 4 bridgehead atoms. The van der Waals surface area contributed by atoms with Gasteiger partial charge in [-0.2, -0.15) is 0 Å². The predicted molar refractivity (Wildman–Crippen MR) is 67.3 cm³/mol. The minimum Gasteiger partial charge on any atom is -0.465 e. The molecule has 0 saturated heterocycles. The van der Waals surface area contributed by atoms with Crippen molar-refractivity contribution in [2.45, 2.75) is 37.7 Å². The third-order valence-corrected chi connectivity index (χ3v) is 5.99. The molecule has 4 fully saturated rings. The molecular formula is C14H17BrO2. The number of aliphatic hydroxyl groups is 1. The molecule has 2 nitrogen and oxygen atoms in total. The molecule has 0 radical (unpaired) electrons. The quantitative estimate of drug-likeness (QED) is 0.857. The number of hydrogen-bond donors (Lipinski definition) is 1. The van der Waals surface area contributed by atoms with Crippen molar-refractivity contribution in [2.75, 3.05) is 0 Å². The van der Waals surface area contributed by atoms with Gasteiger partial charge in [0.2, 0.25) is 0 Å². The number of furan rings is 1. The SMILES string of the molecule is OC1(c2occc2Br)C2CC3CC(C2)CC1C3. The zero-order valence-electron chi connectivity index (χ0n) is 9.73. The summed E-state index contributed by atoms with van der Waals surface area (Å²) >= 11 is 3.52. The molecule has 1 aromatic rings. The van der Waals surface area contributed by atoms with Gasteiger partial charge in [0.1, 0.15) is 11.4 Å². The van der Waals surface area contributed by atoms with Crippen LogP contribution < -0.4 is 0 Å². The predicted octanol–water partition coefficient (Wildman–Crippen LogP) is 3.69. The number of rotatable bonds is 1. The van der Waals surface area contributed by atoms with Crippen molar-refractivity contribution >= 4 is 15.9 Å². The second kappa shape index (κ2) is 3.39. The fourth-order valence-corrected chi connectivity index (χ4v) is 5.37. The van der Waals surface area contributed by atoms with E-state index in [1.165, 1.54) is 32.1 Å². The first-order valence-corrected chi connectivity index (χ1v) is 7.43. The Kier molecular flexibility index (Phi) is 2.12. The summed E-state index contributed by atoms with van der Waals surface area (Å²) in [5.74, 6) is 3.35. The van der Waals surface area contributed by atoms with Gasteiger partial charge in [-0.15, -0.1) is 0 Å². The molecule has 1 aromatic heterocycles. The lowest BCUT2D eigenvalue weighted by molar-refractivity contribution is -0.189. The molecule has 0 atom stereocenters. The summed E-state index contributed by atoms with van der Waals surface area (Å²) in [6.45, 7) is 0. The molecule has 4 aliphatic rings. The normalized spacial score (nSPS) is 47.6. The highest BCUT2D eigenvalue weighted by Gasteiger charge is 2.59. The summed E-state index contributed by atoms with van der Waals surface area (Å²) in [7, 11) is 0. The highest BCUT2D eigenvalue weighted by molar-refractivity contribution is 9.10. The first-order valence-electron chi connectivity index (χ1n) is 6.63. The summed E-state index contributed by atoms with van der Waals surface area (Å²) in [5, 5.41) is 11.2. The average molecular weight is 297 g/mol. The lowest BCUT2D eigenvalue weighted by Gasteiger charge is -2.58. The van der Waals surface area contributed by atoms with Crippen LogP contribution in [-0.2, 0) is 5.60 Å². The molecule has 0 spiro atoms. The van der Waals surface area contributed by atoms with Gasteiger partial charge >= 0.3 is 0 Å². The summed E-state index contributed by atoms with van der Waals surface area (Å²) < 4.78 is 6.53. The zero-order valence-corrected chi connectivity index (χ0v) is 11.3. The van der Waals surface area contributed by atoms with Crippen molar-refractivity contribution in [2.24, 2.45) is 23.7 Å². The van der Waals surface area contributed by atoms with Gasteiger partial charge in [0.25, 0.3) is 0 Å². The van der Waals surface area contributed by atoms with E-state index in [0.717, 1.165) is 22.1 Å². The van der Waals surface area contributed by atoms with E-state index in [0.29, 0.717) is 11.8 Å². The molecule has 17 heavy (non-hydrogen) atoms. The van der Waals surface area contributed by atoms with Gasteiger partial charge in [-0.3, -0.25) is 0 Å². The van der Waals surface area contributed by atoms with Gasteiger partial charge < -0.3 is 9.52 Å². The Hall–Kier alpha value is -0.280. The molecular weight excluding hydrogens is 280 g/mol. The monoisotopic (exact) mass is 296 g/mol. The minimum absolute atomic E-state index is 0.418. The van der Waals surface area contributed by atoms with Crippen LogP contribution in [0.25, 0.3) is 0 Å². The van der Waals surface area contributed by atoms with E-state index in [-0.39, 0.29) is 0 Å². The van der Waals surface area contributed by atoms with Crippen LogP contribution in [0.4, 0.5) is 0 Å². The van der Waals surface area contributed by atoms with Crippen LogP contribution in [0.5, 0.6) is 0 Å². The fourth-order valence-electron chi connectivity index (χ4n) is 4.85. The van der Waals surface area contributed by atoms with Crippen molar-refractivity contribution in [3.8, 4) is 0 Å². The van der Waals surface area contributed by atoms with Crippen molar-refractivity contribution in [3.63, 3.8) is 0 Å². The van der Waals surface area contributed by atoms with Gasteiger partial charge in [-0.25, -0.2) is 0 Å². The van der Waals surface area contributed by atoms with E-state index in [1.54, 1.807) is 6.26 Å². The zero-order chi connectivity index (χ0) is 11.6. The second-order valence-electron chi connectivity index (χ2n) is 6.23. The molecule has 4 saturated carbocycles. The Morgan fingerprint density at radius 3 is 2.18 bits per heavy atom. The van der Waals surface area contributed by atoms with Crippen molar-refractivity contribution in [3.05, 3.63) is 22.6 Å². The third-order valence-electron chi connectivity index (χ3n) is 5.36. The summed E-state index contributed by atoms with van der Waals surface area (Å²) in [5.41, 5.74) is -0.699. The van der Waals surface area contributed by atoms with E-state index in [2.05, 4.69) is 15.9 Å². The molecule has 5 rings (SSSR count). The maximum Gasteiger partial charge on any atom is 0.150 e. The lowest BCUT2D eigenvalue weighted by atomic mass is 9.49. The Bertz CT molecular complexity index is 423. The molecule has 92 valence electrons. The molecule has 0 unspecified atom stereocenters. The van der Waals surface area contributed by atoms with Gasteiger partial charge in [0.05, 0.1) is 10.7 Å². The highest BCUT2D eigenvalue weighted by atomic mass is 79.9. The van der Waals surface area contributed by atoms with Gasteiger partial charge in [-0.05, 0) is 77.8 Å². The van der Waals surface area contributed by atoms with Crippen LogP contribution in [0.2, 0.25) is 0 Å². The standard InChI is InChI=1S/C14H17BrO2/c15-12-1-2-17-13(12)14(16)10-4-8-3-9(6-10)7-11(14)5-8/h1-2,8-11,16H,3-7H2. The maximum atomic E-state index is 11.2. The Balaban J connectivity index is 1.81. The summed E-state index contributed by atoms with van der Waals surface area (Å²) in [6, 6.07) is 1.90. The van der Waals surface area contributed by atoms with E-state index in [4.69, 9.17) is 4.42 Å². The molecule has 1 N–H and O–H groups in total. The molecule has 4 aliphatic carbocycles. The minimum atomic E-state index is -0.699. The van der Waals surface area contributed by atoms with E-state index < -0.39 is 5.60 Å². The molecule has 0 aliphatic heterocycles. The Morgan fingerprint density at radius 1 is 1.12 bits per heavy atom. The van der Waals surface area contributed by atoms with Gasteiger partial charge in [0.15, 0.2) is 0 Å². The Labute approximate surface area is 110 Å². The first kappa shape index (κ1) is 10.6. The van der Waals surface area contributed by atoms with E-state index in [9.17, 15) is 5.11 Å². The third kappa shape index (κ3) is 1.30. The summed E-state index contributed by atoms with van der Waals surface area (Å²) in [6.07, 6.45) is 7.85.